The Labute approximate surface area is 240 Å². The molecule has 7 nitrogen and oxygen atoms in total. The average molecular weight is 640 g/mol. The van der Waals surface area contributed by atoms with E-state index in [1.807, 2.05) is 0 Å². The first-order valence-corrected chi connectivity index (χ1v) is 13.3. The van der Waals surface area contributed by atoms with Gasteiger partial charge >= 0.3 is 0 Å². The smallest absolute Gasteiger partial charge is 0.294 e. The van der Waals surface area contributed by atoms with Crippen molar-refractivity contribution in [3.05, 3.63) is 91.0 Å². The number of amides is 3. The predicted octanol–water partition coefficient (Wildman–Crippen LogP) is 7.16. The molecule has 3 amide bonds. The largest absolute Gasteiger partial charge is 0.493 e. The molecule has 0 spiro atoms. The Hall–Kier alpha value is -3.05. The highest BCUT2D eigenvalue weighted by Gasteiger charge is 2.36. The van der Waals surface area contributed by atoms with Crippen LogP contribution in [-0.2, 0) is 16.2 Å². The number of rotatable bonds is 8. The second kappa shape index (κ2) is 12.2. The molecule has 0 unspecified atom stereocenters. The maximum absolute atomic E-state index is 13.4. The highest BCUT2D eigenvalue weighted by Crippen LogP contribution is 2.39. The van der Waals surface area contributed by atoms with Gasteiger partial charge < -0.3 is 14.8 Å². The van der Waals surface area contributed by atoms with Crippen molar-refractivity contribution >= 4 is 79.7 Å². The fourth-order valence-electron chi connectivity index (χ4n) is 3.45. The van der Waals surface area contributed by atoms with E-state index in [9.17, 15) is 18.8 Å². The molecule has 1 aliphatic rings. The van der Waals surface area contributed by atoms with Crippen molar-refractivity contribution in [1.82, 2.24) is 4.90 Å². The van der Waals surface area contributed by atoms with E-state index in [-0.39, 0.29) is 17.2 Å². The minimum absolute atomic E-state index is 0.131. The minimum Gasteiger partial charge on any atom is -0.493 e. The molecule has 3 aromatic carbocycles. The molecule has 38 heavy (non-hydrogen) atoms. The summed E-state index contributed by atoms with van der Waals surface area (Å²) in [5, 5.41) is 2.73. The summed E-state index contributed by atoms with van der Waals surface area (Å²) in [4.78, 5) is 38.6. The van der Waals surface area contributed by atoms with E-state index in [2.05, 4.69) is 21.2 Å². The Morgan fingerprint density at radius 1 is 1.13 bits per heavy atom. The number of halogens is 4. The van der Waals surface area contributed by atoms with Crippen molar-refractivity contribution in [2.24, 2.45) is 0 Å². The fourth-order valence-corrected chi connectivity index (χ4v) is 5.18. The second-order valence-electron chi connectivity index (χ2n) is 7.90. The van der Waals surface area contributed by atoms with Gasteiger partial charge in [-0.05, 0) is 87.4 Å². The highest BCUT2D eigenvalue weighted by atomic mass is 79.9. The van der Waals surface area contributed by atoms with Gasteiger partial charge in [-0.2, -0.15) is 0 Å². The molecule has 4 rings (SSSR count). The van der Waals surface area contributed by atoms with E-state index in [0.717, 1.165) is 16.5 Å². The van der Waals surface area contributed by atoms with Gasteiger partial charge in [-0.15, -0.1) is 0 Å². The van der Waals surface area contributed by atoms with Gasteiger partial charge in [0, 0.05) is 5.69 Å². The number of nitrogens with zero attached hydrogens (tertiary/aromatic N) is 1. The van der Waals surface area contributed by atoms with Crippen molar-refractivity contribution in [1.29, 1.82) is 0 Å². The van der Waals surface area contributed by atoms with Crippen LogP contribution in [0.4, 0.5) is 14.9 Å². The summed E-state index contributed by atoms with van der Waals surface area (Å²) in [7, 11) is 1.47. The van der Waals surface area contributed by atoms with E-state index < -0.39 is 29.4 Å². The third-order valence-corrected chi connectivity index (χ3v) is 7.44. The second-order valence-corrected chi connectivity index (χ2v) is 10.6. The first-order valence-electron chi connectivity index (χ1n) is 10.9. The van der Waals surface area contributed by atoms with E-state index in [1.54, 1.807) is 30.3 Å². The monoisotopic (exact) mass is 638 g/mol. The average Bonchev–Trinajstić information content (AvgIpc) is 3.12. The van der Waals surface area contributed by atoms with Crippen molar-refractivity contribution in [2.75, 3.05) is 19.0 Å². The normalized spacial score (nSPS) is 14.2. The van der Waals surface area contributed by atoms with E-state index in [4.69, 9.17) is 32.7 Å². The molecule has 3 aromatic rings. The molecular weight excluding hydrogens is 622 g/mol. The number of hydrogen-bond donors (Lipinski definition) is 1. The lowest BCUT2D eigenvalue weighted by Crippen LogP contribution is -2.36. The number of carbonyl (C=O) groups excluding carboxylic acids is 3. The molecule has 1 N–H and O–H groups in total. The summed E-state index contributed by atoms with van der Waals surface area (Å²) in [5.41, 5.74) is 1.58. The van der Waals surface area contributed by atoms with Crippen LogP contribution >= 0.6 is 50.9 Å². The van der Waals surface area contributed by atoms with Crippen molar-refractivity contribution in [2.45, 2.75) is 6.61 Å². The topological polar surface area (TPSA) is 84.9 Å². The quantitative estimate of drug-likeness (QED) is 0.263. The summed E-state index contributed by atoms with van der Waals surface area (Å²) in [6, 6.07) is 13.8. The van der Waals surface area contributed by atoms with Crippen LogP contribution < -0.4 is 14.8 Å². The highest BCUT2D eigenvalue weighted by molar-refractivity contribution is 9.10. The lowest BCUT2D eigenvalue weighted by molar-refractivity contribution is -0.127. The number of benzene rings is 3. The van der Waals surface area contributed by atoms with Crippen LogP contribution in [0.1, 0.15) is 11.1 Å². The maximum Gasteiger partial charge on any atom is 0.294 e. The molecule has 0 aromatic heterocycles. The Balaban J connectivity index is 1.47. The lowest BCUT2D eigenvalue weighted by atomic mass is 10.1. The SMILES string of the molecule is COc1cc(/C=C2/SC(=O)N(CC(=O)Nc3cccc(F)c3)C2=O)cc(Br)c1OCc1ccc(Cl)c(Cl)c1. The molecule has 1 aliphatic heterocycles. The zero-order valence-corrected chi connectivity index (χ0v) is 23.5. The van der Waals surface area contributed by atoms with Crippen molar-refractivity contribution in [3.8, 4) is 11.5 Å². The predicted molar refractivity (Wildman–Crippen MR) is 149 cm³/mol. The maximum atomic E-state index is 13.4. The number of nitrogens with one attached hydrogen (secondary N) is 1. The van der Waals surface area contributed by atoms with E-state index in [1.165, 1.54) is 31.4 Å². The molecule has 0 bridgehead atoms. The molecule has 0 aliphatic carbocycles. The van der Waals surface area contributed by atoms with Crippen LogP contribution in [0, 0.1) is 5.82 Å². The Morgan fingerprint density at radius 2 is 1.92 bits per heavy atom. The molecule has 1 saturated heterocycles. The summed E-state index contributed by atoms with van der Waals surface area (Å²) in [6.07, 6.45) is 1.52. The van der Waals surface area contributed by atoms with Gasteiger partial charge in [0.15, 0.2) is 11.5 Å². The summed E-state index contributed by atoms with van der Waals surface area (Å²) in [5.74, 6) is -0.960. The fraction of sp³-hybridized carbons (Fsp3) is 0.115. The Kier molecular flexibility index (Phi) is 8.99. The summed E-state index contributed by atoms with van der Waals surface area (Å²) < 4.78 is 25.3. The third-order valence-electron chi connectivity index (χ3n) is 5.20. The van der Waals surface area contributed by atoms with Gasteiger partial charge in [-0.3, -0.25) is 19.3 Å². The van der Waals surface area contributed by atoms with Crippen LogP contribution in [0.25, 0.3) is 6.08 Å². The number of thioether (sulfide) groups is 1. The molecular formula is C26H18BrCl2FN2O5S. The zero-order chi connectivity index (χ0) is 27.4. The van der Waals surface area contributed by atoms with E-state index in [0.29, 0.717) is 43.3 Å². The molecule has 0 atom stereocenters. The number of carbonyl (C=O) groups is 3. The van der Waals surface area contributed by atoms with Crippen LogP contribution in [0.2, 0.25) is 10.0 Å². The molecule has 1 heterocycles. The van der Waals surface area contributed by atoms with Gasteiger partial charge in [-0.25, -0.2) is 4.39 Å². The van der Waals surface area contributed by atoms with Crippen LogP contribution in [0.5, 0.6) is 11.5 Å². The number of ether oxygens (including phenoxy) is 2. The van der Waals surface area contributed by atoms with Gasteiger partial charge in [0.1, 0.15) is 19.0 Å². The van der Waals surface area contributed by atoms with Crippen molar-refractivity contribution < 1.29 is 28.2 Å². The zero-order valence-electron chi connectivity index (χ0n) is 19.6. The number of hydrogen-bond acceptors (Lipinski definition) is 6. The Morgan fingerprint density at radius 3 is 2.63 bits per heavy atom. The molecule has 12 heteroatoms. The van der Waals surface area contributed by atoms with Crippen LogP contribution in [-0.4, -0.2) is 35.6 Å². The van der Waals surface area contributed by atoms with Gasteiger partial charge in [0.25, 0.3) is 11.1 Å². The van der Waals surface area contributed by atoms with Crippen LogP contribution in [0.15, 0.2) is 64.0 Å². The van der Waals surface area contributed by atoms with Gasteiger partial charge in [0.2, 0.25) is 5.91 Å². The number of methoxy groups -OCH3 is 1. The summed E-state index contributed by atoms with van der Waals surface area (Å²) in [6.45, 7) is -0.311. The van der Waals surface area contributed by atoms with Gasteiger partial charge in [-0.1, -0.05) is 35.3 Å². The number of imide groups is 1. The van der Waals surface area contributed by atoms with Gasteiger partial charge in [0.05, 0.1) is 26.5 Å². The summed E-state index contributed by atoms with van der Waals surface area (Å²) >= 11 is 16.2. The van der Waals surface area contributed by atoms with Crippen molar-refractivity contribution in [3.63, 3.8) is 0 Å². The lowest BCUT2D eigenvalue weighted by Gasteiger charge is -2.14. The first kappa shape index (κ1) is 28.0. The van der Waals surface area contributed by atoms with E-state index >= 15 is 0 Å². The molecule has 1 fully saturated rings. The first-order chi connectivity index (χ1) is 18.1. The molecule has 0 saturated carbocycles. The molecule has 0 radical (unpaired) electrons. The standard InChI is InChI=1S/C26H18BrCl2FN2O5S/c1-36-21-9-15(7-18(27)24(21)37-13-14-5-6-19(28)20(29)8-14)10-22-25(34)32(26(35)38-22)12-23(33)31-17-4-2-3-16(30)11-17/h2-11H,12-13H2,1H3,(H,31,33)/b22-10+. The molecule has 196 valence electrons. The van der Waals surface area contributed by atoms with Crippen LogP contribution in [0.3, 0.4) is 0 Å². The minimum atomic E-state index is -0.632. The number of anilines is 1. The third kappa shape index (κ3) is 6.68. The Bertz CT molecular complexity index is 1470.